The Morgan fingerprint density at radius 1 is 0.756 bits per heavy atom. The first-order valence-electron chi connectivity index (χ1n) is 13.7. The molecule has 2 heterocycles. The van der Waals surface area contributed by atoms with E-state index in [2.05, 4.69) is 20.9 Å². The highest BCUT2D eigenvalue weighted by Gasteiger charge is 2.31. The van der Waals surface area contributed by atoms with E-state index < -0.39 is 0 Å². The van der Waals surface area contributed by atoms with Crippen LogP contribution in [0.4, 0.5) is 5.69 Å². The standard InChI is InChI=1S/C32H37N3O6/c1-37-26-9-7-6-8-25(26)35-16-14-34(15-17-35)13-12-22-30-23(20-29(40-4)31(22)41-5)24(33-32(30)36)18-21-10-11-27(38-2)28(19-21)39-3/h6-11,19-20H,12-18H2,1-5H3. The number of amides is 1. The van der Waals surface area contributed by atoms with Crippen molar-refractivity contribution in [3.63, 3.8) is 0 Å². The summed E-state index contributed by atoms with van der Waals surface area (Å²) in [6.07, 6.45) is 1.11. The average molecular weight is 560 g/mol. The predicted molar refractivity (Wildman–Crippen MR) is 159 cm³/mol. The zero-order valence-corrected chi connectivity index (χ0v) is 24.4. The number of carbonyl (C=O) groups excluding carboxylic acids is 1. The number of rotatable bonds is 11. The van der Waals surface area contributed by atoms with E-state index in [0.29, 0.717) is 47.1 Å². The Bertz CT molecular complexity index is 1450. The Morgan fingerprint density at radius 2 is 1.46 bits per heavy atom. The molecule has 0 saturated carbocycles. The molecule has 3 aromatic carbocycles. The number of hydrogen-bond donors (Lipinski definition) is 0. The number of benzene rings is 3. The molecule has 41 heavy (non-hydrogen) atoms. The topological polar surface area (TPSA) is 82.1 Å². The molecule has 1 amide bonds. The zero-order chi connectivity index (χ0) is 28.9. The summed E-state index contributed by atoms with van der Waals surface area (Å²) in [6, 6.07) is 15.7. The van der Waals surface area contributed by atoms with Crippen LogP contribution in [0.5, 0.6) is 28.7 Å². The van der Waals surface area contributed by atoms with Gasteiger partial charge in [0.2, 0.25) is 0 Å². The van der Waals surface area contributed by atoms with Crippen LogP contribution in [0, 0.1) is 0 Å². The molecule has 9 nitrogen and oxygen atoms in total. The Labute approximate surface area is 241 Å². The lowest BCUT2D eigenvalue weighted by Gasteiger charge is -2.36. The first-order valence-corrected chi connectivity index (χ1v) is 13.7. The SMILES string of the molecule is COc1ccc(CC2=NC(=O)c3c2cc(OC)c(OC)c3CCN2CCN(c3ccccc3OC)CC2)cc1OC. The van der Waals surface area contributed by atoms with Gasteiger partial charge in [0.1, 0.15) is 5.75 Å². The molecule has 5 rings (SSSR count). The van der Waals surface area contributed by atoms with E-state index in [9.17, 15) is 4.79 Å². The minimum atomic E-state index is -0.243. The van der Waals surface area contributed by atoms with Gasteiger partial charge in [0, 0.05) is 50.3 Å². The van der Waals surface area contributed by atoms with Crippen LogP contribution >= 0.6 is 0 Å². The van der Waals surface area contributed by atoms with Gasteiger partial charge in [0.05, 0.1) is 52.5 Å². The fourth-order valence-corrected chi connectivity index (χ4v) is 5.71. The molecule has 0 N–H and O–H groups in total. The molecular weight excluding hydrogens is 522 g/mol. The van der Waals surface area contributed by atoms with Crippen molar-refractivity contribution in [3.05, 3.63) is 70.8 Å². The van der Waals surface area contributed by atoms with Gasteiger partial charge in [-0.1, -0.05) is 18.2 Å². The molecule has 2 aliphatic heterocycles. The zero-order valence-electron chi connectivity index (χ0n) is 24.4. The van der Waals surface area contributed by atoms with Gasteiger partial charge in [-0.3, -0.25) is 9.69 Å². The number of ether oxygens (including phenoxy) is 5. The molecule has 1 fully saturated rings. The van der Waals surface area contributed by atoms with Gasteiger partial charge in [-0.05, 0) is 42.3 Å². The van der Waals surface area contributed by atoms with E-state index in [1.165, 1.54) is 0 Å². The van der Waals surface area contributed by atoms with Gasteiger partial charge in [0.25, 0.3) is 5.91 Å². The Hall–Kier alpha value is -4.24. The third-order valence-corrected chi connectivity index (χ3v) is 7.83. The van der Waals surface area contributed by atoms with Crippen LogP contribution in [-0.2, 0) is 12.8 Å². The molecule has 216 valence electrons. The number of methoxy groups -OCH3 is 5. The molecule has 0 spiro atoms. The monoisotopic (exact) mass is 559 g/mol. The van der Waals surface area contributed by atoms with Crippen molar-refractivity contribution in [2.45, 2.75) is 12.8 Å². The maximum absolute atomic E-state index is 13.3. The van der Waals surface area contributed by atoms with E-state index in [-0.39, 0.29) is 5.91 Å². The largest absolute Gasteiger partial charge is 0.495 e. The van der Waals surface area contributed by atoms with Gasteiger partial charge in [-0.15, -0.1) is 0 Å². The summed E-state index contributed by atoms with van der Waals surface area (Å²) < 4.78 is 27.9. The summed E-state index contributed by atoms with van der Waals surface area (Å²) in [4.78, 5) is 22.6. The second-order valence-electron chi connectivity index (χ2n) is 9.99. The maximum atomic E-state index is 13.3. The third kappa shape index (κ3) is 5.67. The van der Waals surface area contributed by atoms with Gasteiger partial charge in [-0.25, -0.2) is 4.99 Å². The number of fused-ring (bicyclic) bond motifs is 1. The summed E-state index contributed by atoms with van der Waals surface area (Å²) in [5.74, 6) is 3.12. The normalized spacial score (nSPS) is 14.9. The fraction of sp³-hybridized carbons (Fsp3) is 0.375. The Balaban J connectivity index is 1.35. The second-order valence-corrected chi connectivity index (χ2v) is 9.99. The van der Waals surface area contributed by atoms with Gasteiger partial charge in [-0.2, -0.15) is 0 Å². The summed E-state index contributed by atoms with van der Waals surface area (Å²) in [5.41, 5.74) is 5.01. The van der Waals surface area contributed by atoms with Crippen LogP contribution in [0.15, 0.2) is 53.5 Å². The van der Waals surface area contributed by atoms with E-state index in [4.69, 9.17) is 23.7 Å². The van der Waals surface area contributed by atoms with Crippen molar-refractivity contribution in [2.75, 3.05) is 73.2 Å². The van der Waals surface area contributed by atoms with E-state index >= 15 is 0 Å². The minimum absolute atomic E-state index is 0.243. The molecule has 1 saturated heterocycles. The highest BCUT2D eigenvalue weighted by molar-refractivity contribution is 6.23. The molecule has 0 unspecified atom stereocenters. The molecule has 2 aliphatic rings. The molecule has 0 bridgehead atoms. The van der Waals surface area contributed by atoms with Gasteiger partial charge in [0.15, 0.2) is 23.0 Å². The van der Waals surface area contributed by atoms with Crippen LogP contribution < -0.4 is 28.6 Å². The third-order valence-electron chi connectivity index (χ3n) is 7.83. The molecule has 0 aromatic heterocycles. The average Bonchev–Trinajstić information content (AvgIpc) is 3.33. The number of aliphatic imine (C=N–C) groups is 1. The highest BCUT2D eigenvalue weighted by atomic mass is 16.5. The van der Waals surface area contributed by atoms with Crippen molar-refractivity contribution in [1.82, 2.24) is 4.90 Å². The maximum Gasteiger partial charge on any atom is 0.278 e. The second kappa shape index (κ2) is 12.5. The van der Waals surface area contributed by atoms with E-state index in [0.717, 1.165) is 60.9 Å². The summed E-state index contributed by atoms with van der Waals surface area (Å²) >= 11 is 0. The Morgan fingerprint density at radius 3 is 2.15 bits per heavy atom. The number of piperazine rings is 1. The smallest absolute Gasteiger partial charge is 0.278 e. The minimum Gasteiger partial charge on any atom is -0.495 e. The van der Waals surface area contributed by atoms with Crippen molar-refractivity contribution in [1.29, 1.82) is 0 Å². The van der Waals surface area contributed by atoms with Crippen molar-refractivity contribution in [2.24, 2.45) is 4.99 Å². The number of para-hydroxylation sites is 2. The lowest BCUT2D eigenvalue weighted by molar-refractivity contribution is 0.100. The molecular formula is C32H37N3O6. The lowest BCUT2D eigenvalue weighted by Crippen LogP contribution is -2.47. The highest BCUT2D eigenvalue weighted by Crippen LogP contribution is 2.40. The first-order chi connectivity index (χ1) is 20.0. The molecule has 9 heteroatoms. The van der Waals surface area contributed by atoms with Crippen LogP contribution in [0.3, 0.4) is 0 Å². The van der Waals surface area contributed by atoms with Crippen LogP contribution in [0.2, 0.25) is 0 Å². The quantitative estimate of drug-likeness (QED) is 0.345. The first kappa shape index (κ1) is 28.3. The van der Waals surface area contributed by atoms with Crippen molar-refractivity contribution >= 4 is 17.3 Å². The number of anilines is 1. The number of carbonyl (C=O) groups is 1. The van der Waals surface area contributed by atoms with Crippen molar-refractivity contribution < 1.29 is 28.5 Å². The molecule has 0 aliphatic carbocycles. The summed E-state index contributed by atoms with van der Waals surface area (Å²) in [7, 11) is 8.15. The molecule has 0 atom stereocenters. The molecule has 0 radical (unpaired) electrons. The summed E-state index contributed by atoms with van der Waals surface area (Å²) in [6.45, 7) is 4.38. The lowest BCUT2D eigenvalue weighted by atomic mass is 9.93. The predicted octanol–water partition coefficient (Wildman–Crippen LogP) is 4.28. The van der Waals surface area contributed by atoms with Crippen LogP contribution in [-0.4, -0.2) is 84.8 Å². The Kier molecular flexibility index (Phi) is 8.64. The van der Waals surface area contributed by atoms with Gasteiger partial charge < -0.3 is 28.6 Å². The van der Waals surface area contributed by atoms with Crippen LogP contribution in [0.1, 0.15) is 27.0 Å². The molecule has 3 aromatic rings. The van der Waals surface area contributed by atoms with Crippen molar-refractivity contribution in [3.8, 4) is 28.7 Å². The van der Waals surface area contributed by atoms with E-state index in [1.807, 2.05) is 42.5 Å². The fourth-order valence-electron chi connectivity index (χ4n) is 5.71. The number of nitrogens with zero attached hydrogens (tertiary/aromatic N) is 3. The number of hydrogen-bond acceptors (Lipinski definition) is 8. The summed E-state index contributed by atoms with van der Waals surface area (Å²) in [5, 5.41) is 0. The van der Waals surface area contributed by atoms with E-state index in [1.54, 1.807) is 35.5 Å². The van der Waals surface area contributed by atoms with Crippen LogP contribution in [0.25, 0.3) is 0 Å². The van der Waals surface area contributed by atoms with Gasteiger partial charge >= 0.3 is 0 Å².